The van der Waals surface area contributed by atoms with Crippen LogP contribution in [0.25, 0.3) is 11.0 Å². The van der Waals surface area contributed by atoms with Crippen molar-refractivity contribution in [1.82, 2.24) is 19.4 Å². The summed E-state index contributed by atoms with van der Waals surface area (Å²) in [6.45, 7) is 8.52. The average molecular weight is 461 g/mol. The van der Waals surface area contributed by atoms with Gasteiger partial charge in [-0.05, 0) is 49.6 Å². The maximum Gasteiger partial charge on any atom is 0.329 e. The van der Waals surface area contributed by atoms with Crippen molar-refractivity contribution >= 4 is 22.6 Å². The van der Waals surface area contributed by atoms with Gasteiger partial charge < -0.3 is 9.80 Å². The molecule has 0 spiro atoms. The van der Waals surface area contributed by atoms with E-state index in [-0.39, 0.29) is 28.4 Å². The number of hydrogen-bond acceptors (Lipinski definition) is 6. The Hall–Kier alpha value is -3.93. The second kappa shape index (κ2) is 9.51. The number of carbonyl (C=O) groups excluding carboxylic acids is 1. The van der Waals surface area contributed by atoms with Crippen molar-refractivity contribution in [3.63, 3.8) is 0 Å². The highest BCUT2D eigenvalue weighted by atomic mass is 16.2. The van der Waals surface area contributed by atoms with E-state index in [1.54, 1.807) is 30.0 Å². The van der Waals surface area contributed by atoms with Gasteiger partial charge in [0.25, 0.3) is 11.5 Å². The van der Waals surface area contributed by atoms with Crippen LogP contribution in [0.3, 0.4) is 0 Å². The molecule has 0 atom stereocenters. The van der Waals surface area contributed by atoms with Crippen molar-refractivity contribution < 1.29 is 4.79 Å². The SMILES string of the molecule is CCn1c(=O)[nH]c(=O)c2c(C(=O)N3CCCN(c4ccc(C#N)cc4)CC3)cc(C(C)C)nc21. The second-order valence-electron chi connectivity index (χ2n) is 8.74. The molecule has 9 heteroatoms. The third kappa shape index (κ3) is 4.31. The molecule has 1 amide bonds. The van der Waals surface area contributed by atoms with Crippen molar-refractivity contribution in [2.45, 2.75) is 39.7 Å². The molecule has 0 unspecified atom stereocenters. The first-order valence-electron chi connectivity index (χ1n) is 11.6. The average Bonchev–Trinajstić information content (AvgIpc) is 3.09. The lowest BCUT2D eigenvalue weighted by molar-refractivity contribution is 0.0768. The van der Waals surface area contributed by atoms with E-state index >= 15 is 0 Å². The number of nitrogens with zero attached hydrogens (tertiary/aromatic N) is 5. The number of benzene rings is 1. The highest BCUT2D eigenvalue weighted by Gasteiger charge is 2.26. The van der Waals surface area contributed by atoms with Crippen LogP contribution in [0.5, 0.6) is 0 Å². The van der Waals surface area contributed by atoms with E-state index < -0.39 is 11.2 Å². The molecule has 0 aliphatic carbocycles. The summed E-state index contributed by atoms with van der Waals surface area (Å²) in [7, 11) is 0. The number of nitriles is 1. The molecule has 0 bridgehead atoms. The van der Waals surface area contributed by atoms with Gasteiger partial charge in [-0.25, -0.2) is 9.78 Å². The molecule has 1 aliphatic rings. The van der Waals surface area contributed by atoms with Gasteiger partial charge in [-0.1, -0.05) is 13.8 Å². The number of fused-ring (bicyclic) bond motifs is 1. The minimum Gasteiger partial charge on any atom is -0.370 e. The van der Waals surface area contributed by atoms with Crippen LogP contribution in [0.15, 0.2) is 39.9 Å². The van der Waals surface area contributed by atoms with Gasteiger partial charge in [-0.2, -0.15) is 5.26 Å². The van der Waals surface area contributed by atoms with Gasteiger partial charge in [-0.15, -0.1) is 0 Å². The minimum atomic E-state index is -0.593. The van der Waals surface area contributed by atoms with Crippen LogP contribution in [0.1, 0.15) is 54.7 Å². The summed E-state index contributed by atoms with van der Waals surface area (Å²) in [4.78, 5) is 49.7. The van der Waals surface area contributed by atoms with Crippen molar-refractivity contribution in [2.24, 2.45) is 0 Å². The molecule has 4 rings (SSSR count). The standard InChI is InChI=1S/C25H28N6O3/c1-4-31-22-21(23(32)28-25(31)34)19(14-20(27-22)16(2)3)24(33)30-11-5-10-29(12-13-30)18-8-6-17(15-26)7-9-18/h6-9,14,16H,4-5,10-13H2,1-3H3,(H,28,32,34). The first kappa shape index (κ1) is 23.2. The van der Waals surface area contributed by atoms with E-state index in [1.165, 1.54) is 4.57 Å². The van der Waals surface area contributed by atoms with Crippen LogP contribution in [-0.4, -0.2) is 51.5 Å². The lowest BCUT2D eigenvalue weighted by atomic mass is 10.0. The Labute approximate surface area is 197 Å². The summed E-state index contributed by atoms with van der Waals surface area (Å²) in [5.41, 5.74) is 1.69. The largest absolute Gasteiger partial charge is 0.370 e. The van der Waals surface area contributed by atoms with Crippen LogP contribution in [-0.2, 0) is 6.54 Å². The van der Waals surface area contributed by atoms with E-state index in [2.05, 4.69) is 20.9 Å². The second-order valence-corrected chi connectivity index (χ2v) is 8.74. The smallest absolute Gasteiger partial charge is 0.329 e. The maximum absolute atomic E-state index is 13.7. The van der Waals surface area contributed by atoms with Crippen LogP contribution in [0.2, 0.25) is 0 Å². The molecule has 1 saturated heterocycles. The number of anilines is 1. The van der Waals surface area contributed by atoms with E-state index in [9.17, 15) is 14.4 Å². The summed E-state index contributed by atoms with van der Waals surface area (Å²) in [5, 5.41) is 9.19. The monoisotopic (exact) mass is 460 g/mol. The number of amides is 1. The Morgan fingerprint density at radius 3 is 2.53 bits per heavy atom. The van der Waals surface area contributed by atoms with Crippen LogP contribution < -0.4 is 16.1 Å². The molecule has 2 aromatic heterocycles. The Kier molecular flexibility index (Phi) is 6.50. The number of rotatable bonds is 4. The molecule has 3 heterocycles. The fraction of sp³-hybridized carbons (Fsp3) is 0.400. The van der Waals surface area contributed by atoms with E-state index in [4.69, 9.17) is 5.26 Å². The molecule has 1 fully saturated rings. The number of carbonyl (C=O) groups is 1. The molecule has 1 aliphatic heterocycles. The molecule has 9 nitrogen and oxygen atoms in total. The molecular formula is C25H28N6O3. The number of nitrogens with one attached hydrogen (secondary N) is 1. The highest BCUT2D eigenvalue weighted by molar-refractivity contribution is 6.05. The van der Waals surface area contributed by atoms with Crippen LogP contribution in [0, 0.1) is 11.3 Å². The zero-order valence-corrected chi connectivity index (χ0v) is 19.7. The number of pyridine rings is 1. The van der Waals surface area contributed by atoms with E-state index in [0.29, 0.717) is 37.4 Å². The van der Waals surface area contributed by atoms with Gasteiger partial charge in [0, 0.05) is 44.1 Å². The Bertz CT molecular complexity index is 1380. The van der Waals surface area contributed by atoms with Crippen molar-refractivity contribution in [3.05, 3.63) is 68.0 Å². The molecule has 1 N–H and O–H groups in total. The molecule has 34 heavy (non-hydrogen) atoms. The Morgan fingerprint density at radius 2 is 1.88 bits per heavy atom. The first-order valence-corrected chi connectivity index (χ1v) is 11.6. The summed E-state index contributed by atoms with van der Waals surface area (Å²) >= 11 is 0. The predicted octanol–water partition coefficient (Wildman–Crippen LogP) is 2.45. The minimum absolute atomic E-state index is 0.0200. The van der Waals surface area contributed by atoms with Gasteiger partial charge in [0.1, 0.15) is 0 Å². The Balaban J connectivity index is 1.70. The molecule has 0 radical (unpaired) electrons. The lowest BCUT2D eigenvalue weighted by Gasteiger charge is -2.24. The lowest BCUT2D eigenvalue weighted by Crippen LogP contribution is -2.37. The summed E-state index contributed by atoms with van der Waals surface area (Å²) in [6, 6.07) is 11.2. The summed E-state index contributed by atoms with van der Waals surface area (Å²) < 4.78 is 1.40. The number of hydrogen-bond donors (Lipinski definition) is 1. The Morgan fingerprint density at radius 1 is 1.15 bits per heavy atom. The van der Waals surface area contributed by atoms with Gasteiger partial charge >= 0.3 is 5.69 Å². The van der Waals surface area contributed by atoms with Gasteiger partial charge in [0.2, 0.25) is 0 Å². The number of aromatic nitrogens is 3. The molecule has 0 saturated carbocycles. The molecule has 3 aromatic rings. The predicted molar refractivity (Wildman–Crippen MR) is 130 cm³/mol. The summed E-state index contributed by atoms with van der Waals surface area (Å²) in [6.07, 6.45) is 0.766. The zero-order valence-electron chi connectivity index (χ0n) is 19.7. The van der Waals surface area contributed by atoms with Crippen molar-refractivity contribution in [2.75, 3.05) is 31.1 Å². The summed E-state index contributed by atoms with van der Waals surface area (Å²) in [5.74, 6) is -0.213. The molecule has 1 aromatic carbocycles. The molecule has 176 valence electrons. The van der Waals surface area contributed by atoms with Crippen LogP contribution in [0.4, 0.5) is 5.69 Å². The van der Waals surface area contributed by atoms with Gasteiger partial charge in [-0.3, -0.25) is 19.1 Å². The number of aromatic amines is 1. The molecular weight excluding hydrogens is 432 g/mol. The topological polar surface area (TPSA) is 115 Å². The van der Waals surface area contributed by atoms with E-state index in [0.717, 1.165) is 18.7 Å². The first-order chi connectivity index (χ1) is 16.3. The number of aryl methyl sites for hydroxylation is 1. The quantitative estimate of drug-likeness (QED) is 0.640. The highest BCUT2D eigenvalue weighted by Crippen LogP contribution is 2.23. The third-order valence-electron chi connectivity index (χ3n) is 6.25. The fourth-order valence-corrected chi connectivity index (χ4v) is 4.35. The van der Waals surface area contributed by atoms with E-state index in [1.807, 2.05) is 26.0 Å². The third-order valence-corrected chi connectivity index (χ3v) is 6.25. The van der Waals surface area contributed by atoms with Crippen LogP contribution >= 0.6 is 0 Å². The van der Waals surface area contributed by atoms with Crippen molar-refractivity contribution in [3.8, 4) is 6.07 Å². The van der Waals surface area contributed by atoms with Gasteiger partial charge in [0.15, 0.2) is 5.65 Å². The fourth-order valence-electron chi connectivity index (χ4n) is 4.35. The zero-order chi connectivity index (χ0) is 24.4. The van der Waals surface area contributed by atoms with Gasteiger partial charge in [0.05, 0.1) is 22.6 Å². The van der Waals surface area contributed by atoms with Crippen molar-refractivity contribution in [1.29, 1.82) is 5.26 Å². The number of H-pyrrole nitrogens is 1. The normalized spacial score (nSPS) is 14.3. The maximum atomic E-state index is 13.7.